The van der Waals surface area contributed by atoms with Crippen molar-refractivity contribution >= 4 is 27.3 Å². The van der Waals surface area contributed by atoms with E-state index in [9.17, 15) is 17.6 Å². The fourth-order valence-electron chi connectivity index (χ4n) is 2.36. The van der Waals surface area contributed by atoms with Crippen molar-refractivity contribution in [1.82, 2.24) is 0 Å². The molecule has 2 N–H and O–H groups in total. The van der Waals surface area contributed by atoms with Crippen LogP contribution in [0.25, 0.3) is 0 Å². The number of methoxy groups -OCH3 is 1. The topological polar surface area (TPSA) is 84.5 Å². The van der Waals surface area contributed by atoms with E-state index in [1.165, 1.54) is 32.2 Å². The summed E-state index contributed by atoms with van der Waals surface area (Å²) >= 11 is 0. The van der Waals surface area contributed by atoms with Crippen LogP contribution >= 0.6 is 0 Å². The van der Waals surface area contributed by atoms with Crippen molar-refractivity contribution in [2.75, 3.05) is 17.1 Å². The van der Waals surface area contributed by atoms with E-state index >= 15 is 0 Å². The van der Waals surface area contributed by atoms with Crippen LogP contribution in [0.2, 0.25) is 0 Å². The Balaban J connectivity index is 2.39. The number of sulfonamides is 1. The average Bonchev–Trinajstić information content (AvgIpc) is 2.51. The Kier molecular flexibility index (Phi) is 5.32. The molecular weight excluding hydrogens is 347 g/mol. The first kappa shape index (κ1) is 18.7. The molecule has 2 aromatic rings. The second-order valence-corrected chi connectivity index (χ2v) is 7.22. The lowest BCUT2D eigenvalue weighted by Crippen LogP contribution is -2.15. The number of ether oxygens (including phenoxy) is 1. The minimum Gasteiger partial charge on any atom is -0.496 e. The van der Waals surface area contributed by atoms with Gasteiger partial charge in [-0.3, -0.25) is 9.52 Å². The van der Waals surface area contributed by atoms with Crippen LogP contribution in [0.3, 0.4) is 0 Å². The lowest BCUT2D eigenvalue weighted by atomic mass is 10.1. The van der Waals surface area contributed by atoms with E-state index in [2.05, 4.69) is 10.0 Å². The molecule has 0 aromatic heterocycles. The van der Waals surface area contributed by atoms with Crippen molar-refractivity contribution in [3.8, 4) is 5.75 Å². The van der Waals surface area contributed by atoms with Gasteiger partial charge in [-0.15, -0.1) is 0 Å². The molecule has 0 saturated heterocycles. The van der Waals surface area contributed by atoms with Crippen molar-refractivity contribution < 1.29 is 22.3 Å². The Bertz CT molecular complexity index is 926. The van der Waals surface area contributed by atoms with Crippen LogP contribution in [-0.2, 0) is 14.8 Å². The van der Waals surface area contributed by atoms with Gasteiger partial charge in [0.05, 0.1) is 23.4 Å². The summed E-state index contributed by atoms with van der Waals surface area (Å²) in [7, 11) is -2.38. The molecule has 1 amide bonds. The molecule has 0 fully saturated rings. The molecule has 6 nitrogen and oxygen atoms in total. The maximum Gasteiger partial charge on any atom is 0.262 e. The van der Waals surface area contributed by atoms with Crippen LogP contribution in [0.4, 0.5) is 15.8 Å². The first-order valence-corrected chi connectivity index (χ1v) is 8.87. The number of halogens is 1. The molecule has 0 saturated carbocycles. The van der Waals surface area contributed by atoms with Gasteiger partial charge in [-0.05, 0) is 55.3 Å². The third-order valence-corrected chi connectivity index (χ3v) is 5.03. The van der Waals surface area contributed by atoms with E-state index < -0.39 is 21.7 Å². The van der Waals surface area contributed by atoms with Gasteiger partial charge in [0.1, 0.15) is 11.6 Å². The zero-order valence-corrected chi connectivity index (χ0v) is 15.1. The Labute approximate surface area is 146 Å². The van der Waals surface area contributed by atoms with Crippen LogP contribution in [0.5, 0.6) is 5.75 Å². The van der Waals surface area contributed by atoms with Gasteiger partial charge in [0.15, 0.2) is 0 Å². The van der Waals surface area contributed by atoms with Crippen LogP contribution in [-0.4, -0.2) is 21.4 Å². The second-order valence-electron chi connectivity index (χ2n) is 5.57. The molecule has 0 bridgehead atoms. The van der Waals surface area contributed by atoms with Crippen LogP contribution in [0.1, 0.15) is 18.1 Å². The second kappa shape index (κ2) is 7.10. The zero-order chi connectivity index (χ0) is 18.8. The minimum absolute atomic E-state index is 0.0937. The standard InChI is InChI=1S/C17H19FN2O4S/c1-10-8-17(11(2)7-16(10)24-4)25(22,23)20-13-5-6-14(18)15(9-13)19-12(3)21/h5-9,20H,1-4H3,(H,19,21). The molecule has 8 heteroatoms. The highest BCUT2D eigenvalue weighted by Crippen LogP contribution is 2.28. The molecule has 134 valence electrons. The third kappa shape index (κ3) is 4.27. The van der Waals surface area contributed by atoms with E-state index in [0.29, 0.717) is 16.9 Å². The molecule has 0 aliphatic carbocycles. The molecule has 25 heavy (non-hydrogen) atoms. The van der Waals surface area contributed by atoms with Crippen molar-refractivity contribution in [2.24, 2.45) is 0 Å². The molecule has 0 aliphatic heterocycles. The van der Waals surface area contributed by atoms with Crippen molar-refractivity contribution in [3.05, 3.63) is 47.3 Å². The summed E-state index contributed by atoms with van der Waals surface area (Å²) in [5.41, 5.74) is 1.22. The maximum atomic E-state index is 13.7. The van der Waals surface area contributed by atoms with E-state index in [0.717, 1.165) is 6.07 Å². The van der Waals surface area contributed by atoms with Gasteiger partial charge in [0.25, 0.3) is 10.0 Å². The number of anilines is 2. The number of carbonyl (C=O) groups is 1. The molecule has 0 heterocycles. The number of benzene rings is 2. The minimum atomic E-state index is -3.89. The summed E-state index contributed by atoms with van der Waals surface area (Å²) in [6.07, 6.45) is 0. The number of hydrogen-bond donors (Lipinski definition) is 2. The van der Waals surface area contributed by atoms with E-state index in [4.69, 9.17) is 4.74 Å². The maximum absolute atomic E-state index is 13.7. The number of carbonyl (C=O) groups excluding carboxylic acids is 1. The van der Waals surface area contributed by atoms with Crippen molar-refractivity contribution in [1.29, 1.82) is 0 Å². The highest BCUT2D eigenvalue weighted by atomic mass is 32.2. The number of rotatable bonds is 5. The van der Waals surface area contributed by atoms with Gasteiger partial charge in [-0.1, -0.05) is 0 Å². The van der Waals surface area contributed by atoms with Crippen molar-refractivity contribution in [2.45, 2.75) is 25.7 Å². The molecule has 2 aromatic carbocycles. The molecule has 0 unspecified atom stereocenters. The fourth-order valence-corrected chi connectivity index (χ4v) is 3.72. The number of hydrogen-bond acceptors (Lipinski definition) is 4. The van der Waals surface area contributed by atoms with Crippen LogP contribution < -0.4 is 14.8 Å². The number of aryl methyl sites for hydroxylation is 2. The summed E-state index contributed by atoms with van der Waals surface area (Å²) in [6, 6.07) is 6.73. The Hall–Kier alpha value is -2.61. The molecule has 0 aliphatic rings. The predicted octanol–water partition coefficient (Wildman–Crippen LogP) is 3.21. The summed E-state index contributed by atoms with van der Waals surface area (Å²) in [5, 5.41) is 2.31. The fraction of sp³-hybridized carbons (Fsp3) is 0.235. The molecule has 2 rings (SSSR count). The van der Waals surface area contributed by atoms with Gasteiger partial charge >= 0.3 is 0 Å². The van der Waals surface area contributed by atoms with Crippen LogP contribution in [0.15, 0.2) is 35.2 Å². The predicted molar refractivity (Wildman–Crippen MR) is 94.0 cm³/mol. The molecule has 0 radical (unpaired) electrons. The lowest BCUT2D eigenvalue weighted by Gasteiger charge is -2.14. The van der Waals surface area contributed by atoms with E-state index in [1.807, 2.05) is 0 Å². The summed E-state index contributed by atoms with van der Waals surface area (Å²) in [6.45, 7) is 4.63. The van der Waals surface area contributed by atoms with Gasteiger partial charge in [0, 0.05) is 6.92 Å². The van der Waals surface area contributed by atoms with Gasteiger partial charge in [0.2, 0.25) is 5.91 Å². The molecule has 0 spiro atoms. The Morgan fingerprint density at radius 2 is 1.80 bits per heavy atom. The smallest absolute Gasteiger partial charge is 0.262 e. The molecular formula is C17H19FN2O4S. The molecule has 0 atom stereocenters. The average molecular weight is 366 g/mol. The summed E-state index contributed by atoms with van der Waals surface area (Å²) in [4.78, 5) is 11.2. The number of nitrogens with one attached hydrogen (secondary N) is 2. The SMILES string of the molecule is COc1cc(C)c(S(=O)(=O)Nc2ccc(F)c(NC(C)=O)c2)cc1C. The van der Waals surface area contributed by atoms with Gasteiger partial charge < -0.3 is 10.1 Å². The Morgan fingerprint density at radius 3 is 2.40 bits per heavy atom. The zero-order valence-electron chi connectivity index (χ0n) is 14.3. The highest BCUT2D eigenvalue weighted by molar-refractivity contribution is 7.92. The van der Waals surface area contributed by atoms with Crippen molar-refractivity contribution in [3.63, 3.8) is 0 Å². The van der Waals surface area contributed by atoms with Crippen LogP contribution in [0, 0.1) is 19.7 Å². The lowest BCUT2D eigenvalue weighted by molar-refractivity contribution is -0.114. The summed E-state index contributed by atoms with van der Waals surface area (Å²) < 4.78 is 46.6. The number of amides is 1. The quantitative estimate of drug-likeness (QED) is 0.851. The monoisotopic (exact) mass is 366 g/mol. The first-order valence-electron chi connectivity index (χ1n) is 7.39. The van der Waals surface area contributed by atoms with Gasteiger partial charge in [-0.25, -0.2) is 12.8 Å². The third-order valence-electron chi connectivity index (χ3n) is 3.51. The normalized spacial score (nSPS) is 11.1. The summed E-state index contributed by atoms with van der Waals surface area (Å²) in [5.74, 6) is -0.527. The highest BCUT2D eigenvalue weighted by Gasteiger charge is 2.19. The van der Waals surface area contributed by atoms with E-state index in [-0.39, 0.29) is 16.3 Å². The Morgan fingerprint density at radius 1 is 1.12 bits per heavy atom. The first-order chi connectivity index (χ1) is 11.6. The van der Waals surface area contributed by atoms with Gasteiger partial charge in [-0.2, -0.15) is 0 Å². The van der Waals surface area contributed by atoms with E-state index in [1.54, 1.807) is 19.9 Å². The largest absolute Gasteiger partial charge is 0.496 e.